The summed E-state index contributed by atoms with van der Waals surface area (Å²) in [5.41, 5.74) is 0.436. The lowest BCUT2D eigenvalue weighted by Crippen LogP contribution is -1.91. The van der Waals surface area contributed by atoms with Gasteiger partial charge in [-0.1, -0.05) is 24.0 Å². The van der Waals surface area contributed by atoms with Gasteiger partial charge in [0.05, 0.1) is 4.92 Å². The van der Waals surface area contributed by atoms with Crippen LogP contribution in [0.15, 0.2) is 24.3 Å². The summed E-state index contributed by atoms with van der Waals surface area (Å²) < 4.78 is 4.72. The van der Waals surface area contributed by atoms with Crippen LogP contribution >= 0.6 is 0 Å². The molecule has 0 saturated heterocycles. The number of nitro benzene ring substituents is 1. The number of methoxy groups -OCH3 is 1. The van der Waals surface area contributed by atoms with Crippen molar-refractivity contribution >= 4 is 5.69 Å². The monoisotopic (exact) mass is 191 g/mol. The zero-order valence-electron chi connectivity index (χ0n) is 7.69. The highest BCUT2D eigenvalue weighted by atomic mass is 16.6. The first-order chi connectivity index (χ1) is 6.75. The van der Waals surface area contributed by atoms with E-state index < -0.39 is 4.92 Å². The molecule has 14 heavy (non-hydrogen) atoms. The molecule has 0 fully saturated rings. The Hall–Kier alpha value is -1.86. The van der Waals surface area contributed by atoms with Crippen LogP contribution in [0.25, 0.3) is 0 Å². The molecule has 0 aromatic heterocycles. The molecule has 0 saturated carbocycles. The first kappa shape index (κ1) is 10.2. The molecule has 0 bridgehead atoms. The molecule has 0 N–H and O–H groups in total. The maximum absolute atomic E-state index is 10.6. The number of ether oxygens (including phenoxy) is 1. The van der Waals surface area contributed by atoms with Crippen LogP contribution < -0.4 is 0 Å². The maximum atomic E-state index is 10.6. The topological polar surface area (TPSA) is 52.4 Å². The molecular formula is C10H9NO3. The minimum atomic E-state index is -0.448. The van der Waals surface area contributed by atoms with Gasteiger partial charge in [-0.25, -0.2) is 0 Å². The Labute approximate surface area is 81.7 Å². The minimum absolute atomic E-state index is 0.0242. The Morgan fingerprint density at radius 3 is 2.86 bits per heavy atom. The molecular weight excluding hydrogens is 182 g/mol. The first-order valence-corrected chi connectivity index (χ1v) is 3.97. The predicted molar refractivity (Wildman–Crippen MR) is 51.9 cm³/mol. The Morgan fingerprint density at radius 2 is 2.21 bits per heavy atom. The second kappa shape index (κ2) is 5.00. The molecule has 1 rings (SSSR count). The smallest absolute Gasteiger partial charge is 0.284 e. The predicted octanol–water partition coefficient (Wildman–Crippen LogP) is 1.59. The van der Waals surface area contributed by atoms with E-state index in [9.17, 15) is 10.1 Å². The highest BCUT2D eigenvalue weighted by Gasteiger charge is 2.09. The third-order valence-corrected chi connectivity index (χ3v) is 1.54. The van der Waals surface area contributed by atoms with Gasteiger partial charge in [-0.3, -0.25) is 10.1 Å². The lowest BCUT2D eigenvalue weighted by molar-refractivity contribution is -0.385. The van der Waals surface area contributed by atoms with Crippen molar-refractivity contribution in [2.45, 2.75) is 0 Å². The van der Waals surface area contributed by atoms with Gasteiger partial charge in [0, 0.05) is 13.2 Å². The average molecular weight is 191 g/mol. The number of para-hydroxylation sites is 1. The van der Waals surface area contributed by atoms with Crippen LogP contribution in [0, 0.1) is 22.0 Å². The van der Waals surface area contributed by atoms with Crippen molar-refractivity contribution in [3.8, 4) is 11.8 Å². The standard InChI is InChI=1S/C10H9NO3/c1-14-8-4-6-9-5-2-3-7-10(9)11(12)13/h2-3,5,7H,8H2,1H3. The van der Waals surface area contributed by atoms with Crippen LogP contribution in [0.5, 0.6) is 0 Å². The molecule has 4 nitrogen and oxygen atoms in total. The largest absolute Gasteiger partial charge is 0.372 e. The van der Waals surface area contributed by atoms with Crippen LogP contribution in [0.4, 0.5) is 5.69 Å². The van der Waals surface area contributed by atoms with Crippen molar-refractivity contribution in [1.82, 2.24) is 0 Å². The number of benzene rings is 1. The van der Waals surface area contributed by atoms with Crippen molar-refractivity contribution in [3.63, 3.8) is 0 Å². The third-order valence-electron chi connectivity index (χ3n) is 1.54. The second-order valence-corrected chi connectivity index (χ2v) is 2.51. The molecule has 0 spiro atoms. The molecule has 4 heteroatoms. The Morgan fingerprint density at radius 1 is 1.50 bits per heavy atom. The minimum Gasteiger partial charge on any atom is -0.372 e. The van der Waals surface area contributed by atoms with Crippen molar-refractivity contribution < 1.29 is 9.66 Å². The lowest BCUT2D eigenvalue weighted by atomic mass is 10.2. The summed E-state index contributed by atoms with van der Waals surface area (Å²) in [5, 5.41) is 10.6. The molecule has 0 radical (unpaired) electrons. The average Bonchev–Trinajstić information content (AvgIpc) is 2.19. The van der Waals surface area contributed by atoms with Crippen LogP contribution in [-0.4, -0.2) is 18.6 Å². The van der Waals surface area contributed by atoms with E-state index >= 15 is 0 Å². The van der Waals surface area contributed by atoms with E-state index in [0.29, 0.717) is 5.56 Å². The summed E-state index contributed by atoms with van der Waals surface area (Å²) in [6.07, 6.45) is 0. The van der Waals surface area contributed by atoms with Crippen LogP contribution in [0.3, 0.4) is 0 Å². The van der Waals surface area contributed by atoms with E-state index in [-0.39, 0.29) is 12.3 Å². The Kier molecular flexibility index (Phi) is 3.65. The number of nitro groups is 1. The van der Waals surface area contributed by atoms with Crippen molar-refractivity contribution in [2.75, 3.05) is 13.7 Å². The zero-order chi connectivity index (χ0) is 10.4. The highest BCUT2D eigenvalue weighted by molar-refractivity contribution is 5.50. The first-order valence-electron chi connectivity index (χ1n) is 3.97. The molecule has 0 aliphatic heterocycles. The van der Waals surface area contributed by atoms with E-state index in [1.54, 1.807) is 18.2 Å². The second-order valence-electron chi connectivity index (χ2n) is 2.51. The number of hydrogen-bond acceptors (Lipinski definition) is 3. The number of rotatable bonds is 2. The van der Waals surface area contributed by atoms with Crippen molar-refractivity contribution in [2.24, 2.45) is 0 Å². The van der Waals surface area contributed by atoms with E-state index in [1.165, 1.54) is 13.2 Å². The molecule has 0 aliphatic carbocycles. The van der Waals surface area contributed by atoms with Gasteiger partial charge in [-0.15, -0.1) is 0 Å². The van der Waals surface area contributed by atoms with Crippen molar-refractivity contribution in [3.05, 3.63) is 39.9 Å². The SMILES string of the molecule is COCC#Cc1ccccc1[N+](=O)[O-]. The fourth-order valence-corrected chi connectivity index (χ4v) is 0.942. The normalized spacial score (nSPS) is 8.93. The summed E-state index contributed by atoms with van der Waals surface area (Å²) in [7, 11) is 1.52. The van der Waals surface area contributed by atoms with Crippen molar-refractivity contribution in [1.29, 1.82) is 0 Å². The number of nitrogens with zero attached hydrogens (tertiary/aromatic N) is 1. The van der Waals surface area contributed by atoms with E-state index in [0.717, 1.165) is 0 Å². The van der Waals surface area contributed by atoms with Crippen LogP contribution in [0.1, 0.15) is 5.56 Å². The zero-order valence-corrected chi connectivity index (χ0v) is 7.69. The maximum Gasteiger partial charge on any atom is 0.284 e. The summed E-state index contributed by atoms with van der Waals surface area (Å²) in [6.45, 7) is 0.270. The molecule has 0 atom stereocenters. The molecule has 0 unspecified atom stereocenters. The van der Waals surface area contributed by atoms with Gasteiger partial charge in [-0.2, -0.15) is 0 Å². The Balaban J connectivity index is 2.97. The number of hydrogen-bond donors (Lipinski definition) is 0. The molecule has 1 aromatic carbocycles. The van der Waals surface area contributed by atoms with Gasteiger partial charge < -0.3 is 4.74 Å². The Bertz CT molecular complexity index is 390. The van der Waals surface area contributed by atoms with E-state index in [4.69, 9.17) is 4.74 Å². The summed E-state index contributed by atoms with van der Waals surface area (Å²) in [4.78, 5) is 10.1. The fraction of sp³-hybridized carbons (Fsp3) is 0.200. The fourth-order valence-electron chi connectivity index (χ4n) is 0.942. The molecule has 0 aliphatic rings. The summed E-state index contributed by atoms with van der Waals surface area (Å²) in [5.74, 6) is 5.35. The lowest BCUT2D eigenvalue weighted by Gasteiger charge is -1.93. The van der Waals surface area contributed by atoms with Gasteiger partial charge in [-0.05, 0) is 6.07 Å². The highest BCUT2D eigenvalue weighted by Crippen LogP contribution is 2.15. The van der Waals surface area contributed by atoms with Gasteiger partial charge in [0.15, 0.2) is 0 Å². The van der Waals surface area contributed by atoms with Gasteiger partial charge in [0.2, 0.25) is 0 Å². The van der Waals surface area contributed by atoms with Gasteiger partial charge in [0.25, 0.3) is 5.69 Å². The summed E-state index contributed by atoms with van der Waals surface area (Å²) in [6, 6.07) is 6.36. The van der Waals surface area contributed by atoms with Crippen LogP contribution in [-0.2, 0) is 4.74 Å². The van der Waals surface area contributed by atoms with E-state index in [2.05, 4.69) is 11.8 Å². The third kappa shape index (κ3) is 2.57. The van der Waals surface area contributed by atoms with E-state index in [1.807, 2.05) is 0 Å². The summed E-state index contributed by atoms with van der Waals surface area (Å²) >= 11 is 0. The van der Waals surface area contributed by atoms with Gasteiger partial charge >= 0.3 is 0 Å². The molecule has 72 valence electrons. The molecule has 1 aromatic rings. The molecule has 0 heterocycles. The molecule has 0 amide bonds. The van der Waals surface area contributed by atoms with Gasteiger partial charge in [0.1, 0.15) is 12.2 Å². The quantitative estimate of drug-likeness (QED) is 0.405. The van der Waals surface area contributed by atoms with Crippen LogP contribution in [0.2, 0.25) is 0 Å².